The molecular formula is C19H23ClN4O2. The summed E-state index contributed by atoms with van der Waals surface area (Å²) in [5.41, 5.74) is 0.848. The Kier molecular flexibility index (Phi) is 5.11. The molecular weight excluding hydrogens is 352 g/mol. The van der Waals surface area contributed by atoms with Crippen LogP contribution in [0.5, 0.6) is 0 Å². The summed E-state index contributed by atoms with van der Waals surface area (Å²) in [6.07, 6.45) is 7.61. The summed E-state index contributed by atoms with van der Waals surface area (Å²) in [6, 6.07) is 7.46. The highest BCUT2D eigenvalue weighted by Crippen LogP contribution is 2.32. The van der Waals surface area contributed by atoms with Crippen molar-refractivity contribution in [3.05, 3.63) is 35.2 Å². The van der Waals surface area contributed by atoms with Gasteiger partial charge in [-0.05, 0) is 49.9 Å². The lowest BCUT2D eigenvalue weighted by Crippen LogP contribution is -2.45. The summed E-state index contributed by atoms with van der Waals surface area (Å²) in [5, 5.41) is 7.94. The molecule has 1 saturated heterocycles. The second kappa shape index (κ2) is 7.66. The largest absolute Gasteiger partial charge is 0.337 e. The zero-order valence-corrected chi connectivity index (χ0v) is 15.4. The van der Waals surface area contributed by atoms with Crippen LogP contribution in [-0.4, -0.2) is 33.7 Å². The van der Waals surface area contributed by atoms with E-state index in [1.807, 2.05) is 17.0 Å². The van der Waals surface area contributed by atoms with Gasteiger partial charge in [0.1, 0.15) is 6.04 Å². The van der Waals surface area contributed by atoms with Gasteiger partial charge in [0, 0.05) is 23.2 Å². The standard InChI is InChI=1S/C19H23ClN4O2/c20-14-10-8-13(9-11-14)17-22-18(26-23-17)16-7-4-12-24(16)19(25)21-15-5-2-1-3-6-15/h8-11,15-16H,1-7,12H2,(H,21,25). The summed E-state index contributed by atoms with van der Waals surface area (Å²) >= 11 is 5.93. The van der Waals surface area contributed by atoms with Crippen molar-refractivity contribution in [3.8, 4) is 11.4 Å². The number of benzene rings is 1. The Hall–Kier alpha value is -2.08. The highest BCUT2D eigenvalue weighted by molar-refractivity contribution is 6.30. The molecule has 2 amide bonds. The molecule has 1 aliphatic heterocycles. The van der Waals surface area contributed by atoms with Gasteiger partial charge < -0.3 is 14.7 Å². The van der Waals surface area contributed by atoms with E-state index >= 15 is 0 Å². The van der Waals surface area contributed by atoms with E-state index in [1.54, 1.807) is 12.1 Å². The maximum atomic E-state index is 12.7. The number of carbonyl (C=O) groups is 1. The first-order chi connectivity index (χ1) is 12.7. The summed E-state index contributed by atoms with van der Waals surface area (Å²) < 4.78 is 5.49. The van der Waals surface area contributed by atoms with Gasteiger partial charge in [-0.3, -0.25) is 0 Å². The zero-order chi connectivity index (χ0) is 17.9. The first kappa shape index (κ1) is 17.3. The Balaban J connectivity index is 1.46. The van der Waals surface area contributed by atoms with Crippen molar-refractivity contribution in [1.29, 1.82) is 0 Å². The fraction of sp³-hybridized carbons (Fsp3) is 0.526. The first-order valence-electron chi connectivity index (χ1n) is 9.37. The lowest BCUT2D eigenvalue weighted by molar-refractivity contribution is 0.173. The molecule has 2 fully saturated rings. The van der Waals surface area contributed by atoms with E-state index in [-0.39, 0.29) is 12.1 Å². The van der Waals surface area contributed by atoms with Crippen molar-refractivity contribution >= 4 is 17.6 Å². The molecule has 0 radical (unpaired) electrons. The second-order valence-electron chi connectivity index (χ2n) is 7.10. The highest BCUT2D eigenvalue weighted by Gasteiger charge is 2.35. The number of nitrogens with zero attached hydrogens (tertiary/aromatic N) is 3. The number of halogens is 1. The number of nitrogens with one attached hydrogen (secondary N) is 1. The third-order valence-corrected chi connectivity index (χ3v) is 5.53. The lowest BCUT2D eigenvalue weighted by Gasteiger charge is -2.28. The molecule has 1 aromatic carbocycles. The van der Waals surface area contributed by atoms with Crippen LogP contribution in [0.2, 0.25) is 5.02 Å². The van der Waals surface area contributed by atoms with Gasteiger partial charge in [0.2, 0.25) is 11.7 Å². The number of hydrogen-bond donors (Lipinski definition) is 1. The van der Waals surface area contributed by atoms with Crippen molar-refractivity contribution < 1.29 is 9.32 Å². The van der Waals surface area contributed by atoms with E-state index in [4.69, 9.17) is 16.1 Å². The van der Waals surface area contributed by atoms with E-state index in [0.717, 1.165) is 37.8 Å². The molecule has 0 bridgehead atoms. The number of rotatable bonds is 3. The molecule has 2 aromatic rings. The fourth-order valence-electron chi connectivity index (χ4n) is 3.86. The van der Waals surface area contributed by atoms with Crippen LogP contribution in [-0.2, 0) is 0 Å². The number of aromatic nitrogens is 2. The average Bonchev–Trinajstić information content (AvgIpc) is 3.32. The minimum atomic E-state index is -0.146. The number of urea groups is 1. The average molecular weight is 375 g/mol. The van der Waals surface area contributed by atoms with Crippen molar-refractivity contribution in [2.24, 2.45) is 0 Å². The predicted octanol–water partition coefficient (Wildman–Crippen LogP) is 4.57. The van der Waals surface area contributed by atoms with Gasteiger partial charge in [-0.15, -0.1) is 0 Å². The van der Waals surface area contributed by atoms with Crippen LogP contribution in [0.1, 0.15) is 56.9 Å². The SMILES string of the molecule is O=C(NC1CCCCC1)N1CCCC1c1nc(-c2ccc(Cl)cc2)no1. The molecule has 7 heteroatoms. The molecule has 1 aliphatic carbocycles. The summed E-state index contributed by atoms with van der Waals surface area (Å²) in [6.45, 7) is 0.724. The van der Waals surface area contributed by atoms with Crippen molar-refractivity contribution in [2.75, 3.05) is 6.54 Å². The quantitative estimate of drug-likeness (QED) is 0.854. The summed E-state index contributed by atoms with van der Waals surface area (Å²) in [7, 11) is 0. The van der Waals surface area contributed by atoms with Crippen LogP contribution in [0.15, 0.2) is 28.8 Å². The van der Waals surface area contributed by atoms with Crippen LogP contribution < -0.4 is 5.32 Å². The van der Waals surface area contributed by atoms with Gasteiger partial charge in [-0.2, -0.15) is 4.98 Å². The van der Waals surface area contributed by atoms with Crippen LogP contribution in [0.3, 0.4) is 0 Å². The number of carbonyl (C=O) groups excluding carboxylic acids is 1. The number of amides is 2. The molecule has 0 spiro atoms. The molecule has 1 saturated carbocycles. The van der Waals surface area contributed by atoms with Crippen LogP contribution in [0, 0.1) is 0 Å². The van der Waals surface area contributed by atoms with Gasteiger partial charge in [0.05, 0.1) is 0 Å². The van der Waals surface area contributed by atoms with Gasteiger partial charge in [0.25, 0.3) is 0 Å². The zero-order valence-electron chi connectivity index (χ0n) is 14.7. The molecule has 2 aliphatic rings. The predicted molar refractivity (Wildman–Crippen MR) is 98.8 cm³/mol. The van der Waals surface area contributed by atoms with Crippen molar-refractivity contribution in [2.45, 2.75) is 57.0 Å². The molecule has 138 valence electrons. The minimum absolute atomic E-state index is 0.00866. The van der Waals surface area contributed by atoms with Crippen molar-refractivity contribution in [1.82, 2.24) is 20.4 Å². The van der Waals surface area contributed by atoms with E-state index < -0.39 is 0 Å². The molecule has 6 nitrogen and oxygen atoms in total. The molecule has 26 heavy (non-hydrogen) atoms. The maximum Gasteiger partial charge on any atom is 0.318 e. The van der Waals surface area contributed by atoms with Gasteiger partial charge in [-0.25, -0.2) is 4.79 Å². The normalized spacial score (nSPS) is 21.1. The molecule has 1 unspecified atom stereocenters. The van der Waals surface area contributed by atoms with Gasteiger partial charge in [-0.1, -0.05) is 36.0 Å². The Bertz CT molecular complexity index is 755. The molecule has 1 atom stereocenters. The summed E-state index contributed by atoms with van der Waals surface area (Å²) in [4.78, 5) is 19.1. The van der Waals surface area contributed by atoms with E-state index in [9.17, 15) is 4.79 Å². The lowest BCUT2D eigenvalue weighted by atomic mass is 9.96. The van der Waals surface area contributed by atoms with Gasteiger partial charge in [0.15, 0.2) is 0 Å². The van der Waals surface area contributed by atoms with Crippen LogP contribution in [0.25, 0.3) is 11.4 Å². The molecule has 2 heterocycles. The fourth-order valence-corrected chi connectivity index (χ4v) is 3.98. The third kappa shape index (κ3) is 3.70. The van der Waals surface area contributed by atoms with E-state index in [1.165, 1.54) is 19.3 Å². The van der Waals surface area contributed by atoms with E-state index in [0.29, 0.717) is 22.8 Å². The maximum absolute atomic E-state index is 12.7. The topological polar surface area (TPSA) is 71.3 Å². The number of hydrogen-bond acceptors (Lipinski definition) is 4. The Morgan fingerprint density at radius 2 is 1.88 bits per heavy atom. The van der Waals surface area contributed by atoms with Crippen molar-refractivity contribution in [3.63, 3.8) is 0 Å². The summed E-state index contributed by atoms with van der Waals surface area (Å²) in [5.74, 6) is 1.03. The number of likely N-dealkylation sites (tertiary alicyclic amines) is 1. The van der Waals surface area contributed by atoms with Crippen LogP contribution >= 0.6 is 11.6 Å². The Morgan fingerprint density at radius 1 is 1.12 bits per heavy atom. The smallest absolute Gasteiger partial charge is 0.318 e. The van der Waals surface area contributed by atoms with Crippen LogP contribution in [0.4, 0.5) is 4.79 Å². The van der Waals surface area contributed by atoms with E-state index in [2.05, 4.69) is 15.5 Å². The molecule has 4 rings (SSSR count). The molecule has 1 N–H and O–H groups in total. The third-order valence-electron chi connectivity index (χ3n) is 5.28. The highest BCUT2D eigenvalue weighted by atomic mass is 35.5. The second-order valence-corrected chi connectivity index (χ2v) is 7.54. The monoisotopic (exact) mass is 374 g/mol. The molecule has 1 aromatic heterocycles. The minimum Gasteiger partial charge on any atom is -0.337 e. The first-order valence-corrected chi connectivity index (χ1v) is 9.75. The Labute approximate surface area is 157 Å². The van der Waals surface area contributed by atoms with Gasteiger partial charge >= 0.3 is 6.03 Å². The Morgan fingerprint density at radius 3 is 2.65 bits per heavy atom.